The summed E-state index contributed by atoms with van der Waals surface area (Å²) in [5.74, 6) is -0.643. The fraction of sp³-hybridized carbons (Fsp3) is 0.308. The summed E-state index contributed by atoms with van der Waals surface area (Å²) in [7, 11) is 1.59. The second-order valence-corrected chi connectivity index (χ2v) is 4.41. The van der Waals surface area contributed by atoms with Gasteiger partial charge in [-0.3, -0.25) is 9.48 Å². The molecule has 2 rings (SSSR count). The van der Waals surface area contributed by atoms with E-state index in [9.17, 15) is 9.18 Å². The van der Waals surface area contributed by atoms with Crippen LogP contribution in [0.4, 0.5) is 4.39 Å². The van der Waals surface area contributed by atoms with Gasteiger partial charge in [0, 0.05) is 25.7 Å². The molecule has 0 aliphatic heterocycles. The Kier molecular flexibility index (Phi) is 4.41. The summed E-state index contributed by atoms with van der Waals surface area (Å²) in [6.45, 7) is 1.09. The maximum absolute atomic E-state index is 13.5. The number of halogens is 1. The molecular formula is C13H16FN5O. The van der Waals surface area contributed by atoms with Crippen molar-refractivity contribution in [1.29, 1.82) is 0 Å². The number of hydrogen-bond acceptors (Lipinski definition) is 4. The average Bonchev–Trinajstić information content (AvgIpc) is 2.89. The normalized spacial score (nSPS) is 10.6. The predicted octanol–water partition coefficient (Wildman–Crippen LogP) is 0.648. The van der Waals surface area contributed by atoms with Gasteiger partial charge in [-0.05, 0) is 6.07 Å². The minimum absolute atomic E-state index is 0.176. The van der Waals surface area contributed by atoms with Crippen LogP contribution in [0.5, 0.6) is 0 Å². The number of carbonyl (C=O) groups is 1. The summed E-state index contributed by atoms with van der Waals surface area (Å²) >= 11 is 0. The van der Waals surface area contributed by atoms with E-state index >= 15 is 0 Å². The first kappa shape index (κ1) is 14.1. The molecular weight excluding hydrogens is 261 g/mol. The van der Waals surface area contributed by atoms with E-state index in [1.165, 1.54) is 21.8 Å². The van der Waals surface area contributed by atoms with Crippen LogP contribution in [0.2, 0.25) is 0 Å². The first-order valence-electron chi connectivity index (χ1n) is 6.21. The molecule has 0 atom stereocenters. The third kappa shape index (κ3) is 3.18. The molecule has 106 valence electrons. The van der Waals surface area contributed by atoms with Gasteiger partial charge in [0.15, 0.2) is 5.69 Å². The van der Waals surface area contributed by atoms with E-state index in [0.717, 1.165) is 0 Å². The van der Waals surface area contributed by atoms with Gasteiger partial charge in [-0.2, -0.15) is 0 Å². The number of aromatic nitrogens is 3. The zero-order chi connectivity index (χ0) is 14.5. The molecule has 20 heavy (non-hydrogen) atoms. The Labute approximate surface area is 116 Å². The van der Waals surface area contributed by atoms with E-state index in [1.54, 1.807) is 25.2 Å². The molecule has 1 amide bonds. The van der Waals surface area contributed by atoms with Crippen molar-refractivity contribution in [2.24, 2.45) is 5.73 Å². The smallest absolute Gasteiger partial charge is 0.276 e. The van der Waals surface area contributed by atoms with Gasteiger partial charge in [0.1, 0.15) is 5.82 Å². The first-order chi connectivity index (χ1) is 9.61. The number of rotatable bonds is 5. The molecule has 0 spiro atoms. The number of carbonyl (C=O) groups excluding carboxylic acids is 1. The summed E-state index contributed by atoms with van der Waals surface area (Å²) in [6.07, 6.45) is 1.53. The van der Waals surface area contributed by atoms with Crippen molar-refractivity contribution >= 4 is 5.91 Å². The fourth-order valence-electron chi connectivity index (χ4n) is 1.79. The maximum atomic E-state index is 13.5. The third-order valence-electron chi connectivity index (χ3n) is 2.83. The van der Waals surface area contributed by atoms with Gasteiger partial charge in [0.05, 0.1) is 12.7 Å². The second-order valence-electron chi connectivity index (χ2n) is 4.41. The summed E-state index contributed by atoms with van der Waals surface area (Å²) in [5.41, 5.74) is 6.07. The SMILES string of the molecule is CN(Cc1ccccc1F)C(=O)c1cn(CCN)nn1. The zero-order valence-corrected chi connectivity index (χ0v) is 11.2. The van der Waals surface area contributed by atoms with Crippen molar-refractivity contribution in [3.05, 3.63) is 47.5 Å². The number of nitrogens with zero attached hydrogens (tertiary/aromatic N) is 4. The molecule has 2 aromatic rings. The van der Waals surface area contributed by atoms with Gasteiger partial charge in [-0.25, -0.2) is 4.39 Å². The summed E-state index contributed by atoms with van der Waals surface area (Å²) in [5, 5.41) is 7.59. The quantitative estimate of drug-likeness (QED) is 0.870. The highest BCUT2D eigenvalue weighted by Crippen LogP contribution is 2.10. The van der Waals surface area contributed by atoms with Crippen molar-refractivity contribution in [3.8, 4) is 0 Å². The van der Waals surface area contributed by atoms with Gasteiger partial charge >= 0.3 is 0 Å². The van der Waals surface area contributed by atoms with Crippen LogP contribution in [0, 0.1) is 5.82 Å². The minimum Gasteiger partial charge on any atom is -0.336 e. The lowest BCUT2D eigenvalue weighted by Gasteiger charge is -2.15. The van der Waals surface area contributed by atoms with E-state index in [4.69, 9.17) is 5.73 Å². The minimum atomic E-state index is -0.334. The topological polar surface area (TPSA) is 77.0 Å². The van der Waals surface area contributed by atoms with Crippen LogP contribution in [-0.4, -0.2) is 39.4 Å². The lowest BCUT2D eigenvalue weighted by Crippen LogP contribution is -2.27. The second kappa shape index (κ2) is 6.25. The van der Waals surface area contributed by atoms with Gasteiger partial charge in [0.2, 0.25) is 0 Å². The molecule has 0 bridgehead atoms. The average molecular weight is 277 g/mol. The van der Waals surface area contributed by atoms with Crippen LogP contribution in [0.25, 0.3) is 0 Å². The third-order valence-corrected chi connectivity index (χ3v) is 2.83. The van der Waals surface area contributed by atoms with Crippen LogP contribution in [-0.2, 0) is 13.1 Å². The van der Waals surface area contributed by atoms with Crippen molar-refractivity contribution in [1.82, 2.24) is 19.9 Å². The number of amides is 1. The van der Waals surface area contributed by atoms with Crippen molar-refractivity contribution < 1.29 is 9.18 Å². The highest BCUT2D eigenvalue weighted by molar-refractivity contribution is 5.91. The zero-order valence-electron chi connectivity index (χ0n) is 11.2. The molecule has 0 saturated heterocycles. The van der Waals surface area contributed by atoms with E-state index in [0.29, 0.717) is 18.7 Å². The first-order valence-corrected chi connectivity index (χ1v) is 6.21. The summed E-state index contributed by atoms with van der Waals surface area (Å²) < 4.78 is 15.0. The molecule has 1 aromatic heterocycles. The Balaban J connectivity index is 2.06. The molecule has 0 unspecified atom stereocenters. The monoisotopic (exact) mass is 277 g/mol. The van der Waals surface area contributed by atoms with Gasteiger partial charge in [-0.15, -0.1) is 5.10 Å². The largest absolute Gasteiger partial charge is 0.336 e. The van der Waals surface area contributed by atoms with Crippen LogP contribution in [0.3, 0.4) is 0 Å². The van der Waals surface area contributed by atoms with E-state index < -0.39 is 0 Å². The lowest BCUT2D eigenvalue weighted by molar-refractivity contribution is 0.0778. The number of hydrogen-bond donors (Lipinski definition) is 1. The highest BCUT2D eigenvalue weighted by atomic mass is 19.1. The summed E-state index contributed by atoms with van der Waals surface area (Å²) in [6, 6.07) is 6.35. The Bertz CT molecular complexity index is 598. The van der Waals surface area contributed by atoms with Crippen LogP contribution < -0.4 is 5.73 Å². The molecule has 0 fully saturated rings. The van der Waals surface area contributed by atoms with Crippen molar-refractivity contribution in [2.75, 3.05) is 13.6 Å². The molecule has 7 heteroatoms. The Morgan fingerprint density at radius 3 is 2.90 bits per heavy atom. The lowest BCUT2D eigenvalue weighted by atomic mass is 10.2. The predicted molar refractivity (Wildman–Crippen MR) is 71.3 cm³/mol. The summed E-state index contributed by atoms with van der Waals surface area (Å²) in [4.78, 5) is 13.5. The van der Waals surface area contributed by atoms with Crippen LogP contribution >= 0.6 is 0 Å². The van der Waals surface area contributed by atoms with E-state index in [1.807, 2.05) is 0 Å². The van der Waals surface area contributed by atoms with Gasteiger partial charge in [0.25, 0.3) is 5.91 Å². The molecule has 0 aliphatic carbocycles. The fourth-order valence-corrected chi connectivity index (χ4v) is 1.79. The molecule has 0 radical (unpaired) electrons. The number of nitrogens with two attached hydrogens (primary N) is 1. The Morgan fingerprint density at radius 1 is 1.45 bits per heavy atom. The van der Waals surface area contributed by atoms with Crippen LogP contribution in [0.1, 0.15) is 16.1 Å². The van der Waals surface area contributed by atoms with E-state index in [2.05, 4.69) is 10.3 Å². The van der Waals surface area contributed by atoms with Gasteiger partial charge < -0.3 is 10.6 Å². The van der Waals surface area contributed by atoms with Crippen LogP contribution in [0.15, 0.2) is 30.5 Å². The molecule has 6 nitrogen and oxygen atoms in total. The standard InChI is InChI=1S/C13H16FN5O/c1-18(8-10-4-2-3-5-11(10)14)13(20)12-9-19(7-6-15)17-16-12/h2-5,9H,6-8,15H2,1H3. The van der Waals surface area contributed by atoms with E-state index in [-0.39, 0.29) is 24.0 Å². The van der Waals surface area contributed by atoms with Crippen molar-refractivity contribution in [2.45, 2.75) is 13.1 Å². The van der Waals surface area contributed by atoms with Gasteiger partial charge in [-0.1, -0.05) is 23.4 Å². The molecule has 0 aliphatic rings. The highest BCUT2D eigenvalue weighted by Gasteiger charge is 2.17. The maximum Gasteiger partial charge on any atom is 0.276 e. The van der Waals surface area contributed by atoms with Crippen molar-refractivity contribution in [3.63, 3.8) is 0 Å². The number of benzene rings is 1. The molecule has 0 saturated carbocycles. The molecule has 1 heterocycles. The Hall–Kier alpha value is -2.28. The Morgan fingerprint density at radius 2 is 2.20 bits per heavy atom. The molecule has 2 N–H and O–H groups in total. The molecule has 1 aromatic carbocycles.